The van der Waals surface area contributed by atoms with Gasteiger partial charge in [-0.3, -0.25) is 0 Å². The Kier molecular flexibility index (Phi) is 3.44. The Morgan fingerprint density at radius 1 is 0.944 bits per heavy atom. The van der Waals surface area contributed by atoms with Crippen molar-refractivity contribution in [3.05, 3.63) is 0 Å². The van der Waals surface area contributed by atoms with Gasteiger partial charge >= 0.3 is 0 Å². The van der Waals surface area contributed by atoms with E-state index in [1.54, 1.807) is 0 Å². The molecule has 3 saturated carbocycles. The van der Waals surface area contributed by atoms with Gasteiger partial charge in [-0.25, -0.2) is 0 Å². The highest BCUT2D eigenvalue weighted by atomic mass is 15.2. The molecule has 0 radical (unpaired) electrons. The highest BCUT2D eigenvalue weighted by Gasteiger charge is 2.48. The summed E-state index contributed by atoms with van der Waals surface area (Å²) in [5.74, 6) is 0. The number of hydrogen-bond donors (Lipinski definition) is 1. The summed E-state index contributed by atoms with van der Waals surface area (Å²) in [5, 5.41) is 3.96. The first-order chi connectivity index (χ1) is 8.67. The molecule has 3 aliphatic carbocycles. The molecule has 0 aromatic heterocycles. The Labute approximate surface area is 113 Å². The van der Waals surface area contributed by atoms with E-state index in [0.717, 1.165) is 11.5 Å². The number of likely N-dealkylation sites (N-methyl/N-ethyl adjacent to an activating group) is 1. The summed E-state index contributed by atoms with van der Waals surface area (Å²) in [5.41, 5.74) is 1.21. The van der Waals surface area contributed by atoms with Gasteiger partial charge in [-0.05, 0) is 64.5 Å². The summed E-state index contributed by atoms with van der Waals surface area (Å²) < 4.78 is 0. The van der Waals surface area contributed by atoms with Crippen LogP contribution in [0.4, 0.5) is 0 Å². The first-order valence-corrected chi connectivity index (χ1v) is 8.08. The maximum absolute atomic E-state index is 3.96. The molecule has 18 heavy (non-hydrogen) atoms. The largest absolute Gasteiger partial charge is 0.312 e. The Morgan fingerprint density at radius 3 is 2.11 bits per heavy atom. The first kappa shape index (κ1) is 12.9. The van der Waals surface area contributed by atoms with Gasteiger partial charge in [0, 0.05) is 18.1 Å². The van der Waals surface area contributed by atoms with E-state index in [1.165, 1.54) is 70.8 Å². The summed E-state index contributed by atoms with van der Waals surface area (Å²) >= 11 is 0. The van der Waals surface area contributed by atoms with Crippen LogP contribution in [0.1, 0.15) is 64.2 Å². The van der Waals surface area contributed by atoms with Crippen LogP contribution in [0, 0.1) is 5.41 Å². The molecule has 1 N–H and O–H groups in total. The van der Waals surface area contributed by atoms with Crippen LogP contribution in [-0.2, 0) is 0 Å². The molecule has 3 fully saturated rings. The molecule has 0 aromatic rings. The van der Waals surface area contributed by atoms with Crippen molar-refractivity contribution in [1.29, 1.82) is 0 Å². The molecule has 2 heteroatoms. The van der Waals surface area contributed by atoms with Crippen LogP contribution in [0.15, 0.2) is 0 Å². The molecule has 1 spiro atoms. The zero-order chi connectivity index (χ0) is 12.6. The van der Waals surface area contributed by atoms with Gasteiger partial charge in [-0.15, -0.1) is 0 Å². The lowest BCUT2D eigenvalue weighted by Crippen LogP contribution is -2.62. The van der Waals surface area contributed by atoms with Gasteiger partial charge < -0.3 is 10.2 Å². The van der Waals surface area contributed by atoms with Crippen LogP contribution >= 0.6 is 0 Å². The fraction of sp³-hybridized carbons (Fsp3) is 1.00. The molecule has 0 heterocycles. The topological polar surface area (TPSA) is 15.3 Å². The lowest BCUT2D eigenvalue weighted by molar-refractivity contribution is -0.00181. The fourth-order valence-electron chi connectivity index (χ4n) is 4.55. The molecule has 3 aliphatic rings. The van der Waals surface area contributed by atoms with Crippen molar-refractivity contribution in [2.24, 2.45) is 5.41 Å². The second-order valence-electron chi connectivity index (χ2n) is 7.37. The van der Waals surface area contributed by atoms with E-state index in [4.69, 9.17) is 0 Å². The van der Waals surface area contributed by atoms with Gasteiger partial charge in [0.25, 0.3) is 0 Å². The summed E-state index contributed by atoms with van der Waals surface area (Å²) in [6, 6.07) is 0.843. The van der Waals surface area contributed by atoms with Crippen LogP contribution < -0.4 is 5.32 Å². The van der Waals surface area contributed by atoms with E-state index in [-0.39, 0.29) is 0 Å². The normalized spacial score (nSPS) is 33.2. The summed E-state index contributed by atoms with van der Waals surface area (Å²) in [4.78, 5) is 2.47. The Morgan fingerprint density at radius 2 is 1.67 bits per heavy atom. The molecule has 104 valence electrons. The molecular formula is C16H30N2. The average Bonchev–Trinajstić information content (AvgIpc) is 2.31. The van der Waals surface area contributed by atoms with Crippen molar-refractivity contribution < 1.29 is 0 Å². The third kappa shape index (κ3) is 2.02. The van der Waals surface area contributed by atoms with Gasteiger partial charge in [0.15, 0.2) is 0 Å². The number of hydrogen-bond acceptors (Lipinski definition) is 2. The second kappa shape index (κ2) is 4.79. The van der Waals surface area contributed by atoms with Crippen molar-refractivity contribution in [3.8, 4) is 0 Å². The fourth-order valence-corrected chi connectivity index (χ4v) is 4.55. The van der Waals surface area contributed by atoms with Crippen LogP contribution in [0.25, 0.3) is 0 Å². The average molecular weight is 250 g/mol. The van der Waals surface area contributed by atoms with E-state index in [2.05, 4.69) is 24.3 Å². The van der Waals surface area contributed by atoms with Gasteiger partial charge in [-0.1, -0.05) is 19.3 Å². The molecule has 0 saturated heterocycles. The number of nitrogens with zero attached hydrogens (tertiary/aromatic N) is 1. The first-order valence-electron chi connectivity index (χ1n) is 8.08. The van der Waals surface area contributed by atoms with Gasteiger partial charge in [0.1, 0.15) is 0 Å². The zero-order valence-electron chi connectivity index (χ0n) is 12.3. The monoisotopic (exact) mass is 250 g/mol. The second-order valence-corrected chi connectivity index (χ2v) is 7.37. The third-order valence-electron chi connectivity index (χ3n) is 6.43. The molecule has 3 rings (SSSR count). The van der Waals surface area contributed by atoms with E-state index in [0.29, 0.717) is 5.54 Å². The smallest absolute Gasteiger partial charge is 0.0328 e. The predicted octanol–water partition coefficient (Wildman–Crippen LogP) is 3.17. The Balaban J connectivity index is 1.54. The van der Waals surface area contributed by atoms with Gasteiger partial charge in [0.2, 0.25) is 0 Å². The lowest BCUT2D eigenvalue weighted by Gasteiger charge is -2.55. The Bertz CT molecular complexity index is 287. The number of rotatable bonds is 4. The van der Waals surface area contributed by atoms with Crippen molar-refractivity contribution >= 4 is 0 Å². The molecule has 0 aliphatic heterocycles. The van der Waals surface area contributed by atoms with E-state index >= 15 is 0 Å². The summed E-state index contributed by atoms with van der Waals surface area (Å²) in [7, 11) is 4.52. The molecular weight excluding hydrogens is 220 g/mol. The molecule has 1 atom stereocenters. The molecule has 0 bridgehead atoms. The van der Waals surface area contributed by atoms with E-state index in [9.17, 15) is 0 Å². The van der Waals surface area contributed by atoms with Crippen LogP contribution in [0.3, 0.4) is 0 Å². The van der Waals surface area contributed by atoms with Crippen LogP contribution in [0.5, 0.6) is 0 Å². The SMILES string of the molecule is CN(C)C1(CNC2CCC23CCCCC3)CCC1. The maximum atomic E-state index is 3.96. The standard InChI is InChI=1S/C16H30N2/c1-18(2)16(10-6-11-16)13-17-14-7-12-15(14)8-4-3-5-9-15/h14,17H,3-13H2,1-2H3. The minimum absolute atomic E-state index is 0.492. The van der Waals surface area contributed by atoms with E-state index in [1.807, 2.05) is 0 Å². The van der Waals surface area contributed by atoms with Crippen LogP contribution in [-0.4, -0.2) is 37.1 Å². The third-order valence-corrected chi connectivity index (χ3v) is 6.43. The highest BCUT2D eigenvalue weighted by molar-refractivity contribution is 5.05. The number of nitrogens with one attached hydrogen (secondary N) is 1. The van der Waals surface area contributed by atoms with Crippen molar-refractivity contribution in [2.45, 2.75) is 75.8 Å². The molecule has 0 aromatic carbocycles. The Hall–Kier alpha value is -0.0800. The van der Waals surface area contributed by atoms with Crippen molar-refractivity contribution in [3.63, 3.8) is 0 Å². The van der Waals surface area contributed by atoms with Crippen molar-refractivity contribution in [2.75, 3.05) is 20.6 Å². The molecule has 0 amide bonds. The predicted molar refractivity (Wildman–Crippen MR) is 76.8 cm³/mol. The van der Waals surface area contributed by atoms with E-state index < -0.39 is 0 Å². The quantitative estimate of drug-likeness (QED) is 0.824. The molecule has 2 nitrogen and oxygen atoms in total. The summed E-state index contributed by atoms with van der Waals surface area (Å²) in [6.07, 6.45) is 14.6. The lowest BCUT2D eigenvalue weighted by atomic mass is 9.57. The van der Waals surface area contributed by atoms with Crippen LogP contribution in [0.2, 0.25) is 0 Å². The minimum atomic E-state index is 0.492. The van der Waals surface area contributed by atoms with Gasteiger partial charge in [0.05, 0.1) is 0 Å². The summed E-state index contributed by atoms with van der Waals surface area (Å²) in [6.45, 7) is 1.23. The van der Waals surface area contributed by atoms with Gasteiger partial charge in [-0.2, -0.15) is 0 Å². The van der Waals surface area contributed by atoms with Crippen molar-refractivity contribution in [1.82, 2.24) is 10.2 Å². The zero-order valence-corrected chi connectivity index (χ0v) is 12.3. The minimum Gasteiger partial charge on any atom is -0.312 e. The maximum Gasteiger partial charge on any atom is 0.0328 e. The highest BCUT2D eigenvalue weighted by Crippen LogP contribution is 2.52. The molecule has 1 unspecified atom stereocenters.